The van der Waals surface area contributed by atoms with Crippen molar-refractivity contribution in [2.75, 3.05) is 0 Å². The van der Waals surface area contributed by atoms with Crippen molar-refractivity contribution < 1.29 is 4.79 Å². The summed E-state index contributed by atoms with van der Waals surface area (Å²) in [6, 6.07) is 11.6. The fourth-order valence-corrected chi connectivity index (χ4v) is 4.46. The molecule has 0 bridgehead atoms. The molecule has 154 valence electrons. The minimum Gasteiger partial charge on any atom is -0.350 e. The molecule has 0 saturated carbocycles. The molecule has 1 N–H and O–H groups in total. The molecule has 1 aromatic carbocycles. The van der Waals surface area contributed by atoms with Crippen LogP contribution in [0.3, 0.4) is 0 Å². The molecule has 0 aliphatic carbocycles. The van der Waals surface area contributed by atoms with Gasteiger partial charge in [-0.2, -0.15) is 5.10 Å². The number of carbonyl (C=O) groups excluding carboxylic acids is 1. The third kappa shape index (κ3) is 4.04. The number of rotatable bonds is 6. The number of halogens is 1. The van der Waals surface area contributed by atoms with Gasteiger partial charge in [0.15, 0.2) is 0 Å². The van der Waals surface area contributed by atoms with Crippen molar-refractivity contribution in [1.29, 1.82) is 0 Å². The summed E-state index contributed by atoms with van der Waals surface area (Å²) in [4.78, 5) is 26.4. The summed E-state index contributed by atoms with van der Waals surface area (Å²) in [5.74, 6) is -0.245. The Bertz CT molecular complexity index is 1270. The van der Waals surface area contributed by atoms with Crippen LogP contribution in [0.15, 0.2) is 52.8 Å². The molecule has 0 aliphatic heterocycles. The normalized spacial score (nSPS) is 11.2. The molecule has 0 radical (unpaired) electrons. The predicted molar refractivity (Wildman–Crippen MR) is 120 cm³/mol. The summed E-state index contributed by atoms with van der Waals surface area (Å²) in [5, 5.41) is 11.1. The molecule has 6 nitrogen and oxygen atoms in total. The second-order valence-electron chi connectivity index (χ2n) is 7.14. The standard InChI is InChI=1S/C22H21ClN4O2S/c1-14-19-11-25-27(13-20(28)24-10-18-7-4-8-30-18)22(29)21(19)15(2)26(14)12-16-5-3-6-17(23)9-16/h3-9,11H,10,12-13H2,1-2H3,(H,24,28). The van der Waals surface area contributed by atoms with Crippen molar-refractivity contribution in [2.45, 2.75) is 33.5 Å². The molecular weight excluding hydrogens is 420 g/mol. The number of hydrogen-bond donors (Lipinski definition) is 1. The lowest BCUT2D eigenvalue weighted by molar-refractivity contribution is -0.122. The Morgan fingerprint density at radius 3 is 2.77 bits per heavy atom. The zero-order chi connectivity index (χ0) is 21.3. The Labute approximate surface area is 182 Å². The average molecular weight is 441 g/mol. The minimum absolute atomic E-state index is 0.113. The first-order valence-electron chi connectivity index (χ1n) is 9.53. The number of fused-ring (bicyclic) bond motifs is 1. The van der Waals surface area contributed by atoms with Gasteiger partial charge in [0, 0.05) is 33.2 Å². The molecule has 0 spiro atoms. The molecule has 0 aliphatic rings. The summed E-state index contributed by atoms with van der Waals surface area (Å²) in [7, 11) is 0. The van der Waals surface area contributed by atoms with Gasteiger partial charge in [-0.25, -0.2) is 4.68 Å². The molecule has 4 rings (SSSR count). The topological polar surface area (TPSA) is 68.9 Å². The van der Waals surface area contributed by atoms with Gasteiger partial charge in [0.2, 0.25) is 5.91 Å². The third-order valence-corrected chi connectivity index (χ3v) is 6.28. The summed E-state index contributed by atoms with van der Waals surface area (Å²) in [5.41, 5.74) is 2.60. The van der Waals surface area contributed by atoms with Gasteiger partial charge in [-0.1, -0.05) is 29.8 Å². The molecule has 0 saturated heterocycles. The Morgan fingerprint density at radius 1 is 1.20 bits per heavy atom. The Balaban J connectivity index is 1.61. The van der Waals surface area contributed by atoms with Crippen molar-refractivity contribution in [2.24, 2.45) is 0 Å². The fourth-order valence-electron chi connectivity index (χ4n) is 3.60. The monoisotopic (exact) mass is 440 g/mol. The maximum atomic E-state index is 13.1. The van der Waals surface area contributed by atoms with E-state index in [0.29, 0.717) is 23.5 Å². The smallest absolute Gasteiger partial charge is 0.276 e. The van der Waals surface area contributed by atoms with E-state index in [2.05, 4.69) is 15.0 Å². The van der Waals surface area contributed by atoms with Crippen LogP contribution in [0.2, 0.25) is 5.02 Å². The van der Waals surface area contributed by atoms with Crippen molar-refractivity contribution in [3.8, 4) is 0 Å². The van der Waals surface area contributed by atoms with Gasteiger partial charge in [0.25, 0.3) is 5.56 Å². The highest BCUT2D eigenvalue weighted by atomic mass is 35.5. The molecule has 0 unspecified atom stereocenters. The number of nitrogens with zero attached hydrogens (tertiary/aromatic N) is 3. The van der Waals surface area contributed by atoms with E-state index in [0.717, 1.165) is 27.2 Å². The van der Waals surface area contributed by atoms with Crippen LogP contribution in [0.4, 0.5) is 0 Å². The first-order chi connectivity index (χ1) is 14.4. The van der Waals surface area contributed by atoms with Gasteiger partial charge in [0.05, 0.1) is 18.1 Å². The SMILES string of the molecule is Cc1c2cnn(CC(=O)NCc3cccs3)c(=O)c2c(C)n1Cc1cccc(Cl)c1. The average Bonchev–Trinajstić information content (AvgIpc) is 3.32. The molecule has 3 aromatic heterocycles. The maximum Gasteiger partial charge on any atom is 0.276 e. The number of aromatic nitrogens is 3. The fraction of sp³-hybridized carbons (Fsp3) is 0.227. The molecule has 30 heavy (non-hydrogen) atoms. The van der Waals surface area contributed by atoms with Crippen molar-refractivity contribution in [1.82, 2.24) is 19.7 Å². The summed E-state index contributed by atoms with van der Waals surface area (Å²) in [6.45, 7) is 4.83. The van der Waals surface area contributed by atoms with Crippen molar-refractivity contribution in [3.63, 3.8) is 0 Å². The lowest BCUT2D eigenvalue weighted by Gasteiger charge is -2.09. The molecule has 1 amide bonds. The van der Waals surface area contributed by atoms with Gasteiger partial charge in [-0.05, 0) is 43.0 Å². The maximum absolute atomic E-state index is 13.1. The number of carbonyl (C=O) groups is 1. The summed E-state index contributed by atoms with van der Waals surface area (Å²) in [6.07, 6.45) is 1.67. The highest BCUT2D eigenvalue weighted by Crippen LogP contribution is 2.23. The van der Waals surface area contributed by atoms with Crippen LogP contribution in [0.5, 0.6) is 0 Å². The molecule has 3 heterocycles. The Morgan fingerprint density at radius 2 is 2.03 bits per heavy atom. The van der Waals surface area contributed by atoms with E-state index in [4.69, 9.17) is 11.6 Å². The van der Waals surface area contributed by atoms with Crippen LogP contribution in [0.25, 0.3) is 10.8 Å². The molecule has 4 aromatic rings. The van der Waals surface area contributed by atoms with Crippen molar-refractivity contribution >= 4 is 39.6 Å². The second-order valence-corrected chi connectivity index (χ2v) is 8.61. The zero-order valence-corrected chi connectivity index (χ0v) is 18.3. The van der Waals surface area contributed by atoms with Crippen LogP contribution in [0.1, 0.15) is 21.8 Å². The number of nitrogens with one attached hydrogen (secondary N) is 1. The van der Waals surface area contributed by atoms with Crippen LogP contribution in [-0.4, -0.2) is 20.3 Å². The summed E-state index contributed by atoms with van der Waals surface area (Å²) >= 11 is 7.69. The first-order valence-corrected chi connectivity index (χ1v) is 10.8. The van der Waals surface area contributed by atoms with E-state index in [-0.39, 0.29) is 18.0 Å². The highest BCUT2D eigenvalue weighted by molar-refractivity contribution is 7.09. The predicted octanol–water partition coefficient (Wildman–Crippen LogP) is 3.89. The first kappa shape index (κ1) is 20.4. The third-order valence-electron chi connectivity index (χ3n) is 5.17. The van der Waals surface area contributed by atoms with Crippen LogP contribution < -0.4 is 10.9 Å². The van der Waals surface area contributed by atoms with Gasteiger partial charge in [-0.3, -0.25) is 9.59 Å². The van der Waals surface area contributed by atoms with E-state index >= 15 is 0 Å². The van der Waals surface area contributed by atoms with Gasteiger partial charge >= 0.3 is 0 Å². The van der Waals surface area contributed by atoms with E-state index in [1.54, 1.807) is 17.5 Å². The number of thiophene rings is 1. The lowest BCUT2D eigenvalue weighted by Crippen LogP contribution is -2.33. The zero-order valence-electron chi connectivity index (χ0n) is 16.7. The number of amides is 1. The molecule has 8 heteroatoms. The Hall–Kier alpha value is -2.90. The number of aryl methyl sites for hydroxylation is 2. The lowest BCUT2D eigenvalue weighted by atomic mass is 10.2. The van der Waals surface area contributed by atoms with Gasteiger partial charge in [-0.15, -0.1) is 11.3 Å². The van der Waals surface area contributed by atoms with Crippen LogP contribution >= 0.6 is 22.9 Å². The minimum atomic E-state index is -0.260. The highest BCUT2D eigenvalue weighted by Gasteiger charge is 2.17. The van der Waals surface area contributed by atoms with E-state index in [1.807, 2.05) is 55.6 Å². The Kier molecular flexibility index (Phi) is 5.74. The summed E-state index contributed by atoms with van der Waals surface area (Å²) < 4.78 is 3.31. The number of hydrogen-bond acceptors (Lipinski definition) is 4. The number of benzene rings is 1. The molecular formula is C22H21ClN4O2S. The van der Waals surface area contributed by atoms with Crippen LogP contribution in [-0.2, 0) is 24.4 Å². The largest absolute Gasteiger partial charge is 0.350 e. The molecule has 0 fully saturated rings. The van der Waals surface area contributed by atoms with Crippen molar-refractivity contribution in [3.05, 3.63) is 85.2 Å². The second kappa shape index (κ2) is 8.45. The van der Waals surface area contributed by atoms with E-state index < -0.39 is 0 Å². The van der Waals surface area contributed by atoms with E-state index in [1.165, 1.54) is 4.68 Å². The quantitative estimate of drug-likeness (QED) is 0.494. The van der Waals surface area contributed by atoms with Gasteiger partial charge in [0.1, 0.15) is 6.54 Å². The van der Waals surface area contributed by atoms with Crippen LogP contribution in [0, 0.1) is 13.8 Å². The van der Waals surface area contributed by atoms with Gasteiger partial charge < -0.3 is 9.88 Å². The van der Waals surface area contributed by atoms with E-state index in [9.17, 15) is 9.59 Å². The molecule has 0 atom stereocenters.